The van der Waals surface area contributed by atoms with Gasteiger partial charge in [0.15, 0.2) is 0 Å². The Bertz CT molecular complexity index is 579. The average molecular weight is 320 g/mol. The summed E-state index contributed by atoms with van der Waals surface area (Å²) >= 11 is 0. The number of hydrogen-bond acceptors (Lipinski definition) is 4. The minimum atomic E-state index is 0. The smallest absolute Gasteiger partial charge is 0.119 e. The molecule has 1 aromatic carbocycles. The Labute approximate surface area is 137 Å². The maximum absolute atomic E-state index is 5.31. The quantitative estimate of drug-likeness (QED) is 0.940. The first-order valence-electron chi connectivity index (χ1n) is 7.34. The molecular formula is C17H22ClN3O. The Morgan fingerprint density at radius 1 is 1.32 bits per heavy atom. The largest absolute Gasteiger partial charge is 0.497 e. The maximum Gasteiger partial charge on any atom is 0.119 e. The van der Waals surface area contributed by atoms with Gasteiger partial charge in [-0.25, -0.2) is 0 Å². The number of ether oxygens (including phenoxy) is 1. The molecule has 4 nitrogen and oxygen atoms in total. The minimum absolute atomic E-state index is 0. The van der Waals surface area contributed by atoms with E-state index in [0.717, 1.165) is 31.9 Å². The van der Waals surface area contributed by atoms with Crippen molar-refractivity contribution in [3.63, 3.8) is 0 Å². The van der Waals surface area contributed by atoms with Gasteiger partial charge in [-0.2, -0.15) is 0 Å². The van der Waals surface area contributed by atoms with Crippen LogP contribution >= 0.6 is 12.4 Å². The summed E-state index contributed by atoms with van der Waals surface area (Å²) in [6.07, 6.45) is 3.79. The number of nitrogens with one attached hydrogen (secondary N) is 1. The van der Waals surface area contributed by atoms with Crippen molar-refractivity contribution in [3.05, 3.63) is 59.9 Å². The number of methoxy groups -OCH3 is 1. The molecule has 118 valence electrons. The number of aromatic nitrogens is 1. The fraction of sp³-hybridized carbons (Fsp3) is 0.353. The summed E-state index contributed by atoms with van der Waals surface area (Å²) in [5, 5.41) is 3.48. The van der Waals surface area contributed by atoms with Gasteiger partial charge in [-0.1, -0.05) is 18.2 Å². The van der Waals surface area contributed by atoms with E-state index < -0.39 is 0 Å². The molecule has 2 heterocycles. The molecule has 1 atom stereocenters. The highest BCUT2D eigenvalue weighted by atomic mass is 35.5. The molecule has 0 radical (unpaired) electrons. The first-order valence-corrected chi connectivity index (χ1v) is 7.34. The second kappa shape index (κ2) is 8.13. The Morgan fingerprint density at radius 3 is 3.00 bits per heavy atom. The summed E-state index contributed by atoms with van der Waals surface area (Å²) in [6, 6.07) is 12.8. The SMILES string of the molecule is COc1cccc(CN2CCNCC2c2cccnc2)c1.Cl. The molecule has 2 aromatic rings. The highest BCUT2D eigenvalue weighted by molar-refractivity contribution is 5.85. The average Bonchev–Trinajstić information content (AvgIpc) is 2.56. The van der Waals surface area contributed by atoms with Gasteiger partial charge in [-0.05, 0) is 29.3 Å². The van der Waals surface area contributed by atoms with Gasteiger partial charge in [-0.15, -0.1) is 12.4 Å². The van der Waals surface area contributed by atoms with Gasteiger partial charge in [0.2, 0.25) is 0 Å². The lowest BCUT2D eigenvalue weighted by atomic mass is 10.0. The molecule has 22 heavy (non-hydrogen) atoms. The predicted molar refractivity (Wildman–Crippen MR) is 90.5 cm³/mol. The van der Waals surface area contributed by atoms with Crippen LogP contribution in [-0.4, -0.2) is 36.6 Å². The standard InChI is InChI=1S/C17H21N3O.ClH/c1-21-16-6-2-4-14(10-16)13-20-9-8-19-12-17(20)15-5-3-7-18-11-15;/h2-7,10-11,17,19H,8-9,12-13H2,1H3;1H. The van der Waals surface area contributed by atoms with Crippen LogP contribution in [0.3, 0.4) is 0 Å². The van der Waals surface area contributed by atoms with Crippen molar-refractivity contribution in [1.29, 1.82) is 0 Å². The van der Waals surface area contributed by atoms with Gasteiger partial charge in [-0.3, -0.25) is 9.88 Å². The highest BCUT2D eigenvalue weighted by Crippen LogP contribution is 2.24. The van der Waals surface area contributed by atoms with Gasteiger partial charge in [0.25, 0.3) is 0 Å². The molecule has 0 saturated carbocycles. The van der Waals surface area contributed by atoms with Crippen LogP contribution in [0.5, 0.6) is 5.75 Å². The second-order valence-electron chi connectivity index (χ2n) is 5.33. The molecule has 0 spiro atoms. The van der Waals surface area contributed by atoms with Crippen molar-refractivity contribution >= 4 is 12.4 Å². The number of nitrogens with zero attached hydrogens (tertiary/aromatic N) is 2. The van der Waals surface area contributed by atoms with Crippen LogP contribution in [0.15, 0.2) is 48.8 Å². The number of benzene rings is 1. The zero-order chi connectivity index (χ0) is 14.5. The van der Waals surface area contributed by atoms with Crippen molar-refractivity contribution in [2.24, 2.45) is 0 Å². The number of hydrogen-bond donors (Lipinski definition) is 1. The lowest BCUT2D eigenvalue weighted by Crippen LogP contribution is -2.45. The molecule has 0 aliphatic carbocycles. The molecule has 0 bridgehead atoms. The van der Waals surface area contributed by atoms with E-state index in [9.17, 15) is 0 Å². The van der Waals surface area contributed by atoms with Gasteiger partial charge in [0.1, 0.15) is 5.75 Å². The number of halogens is 1. The molecule has 5 heteroatoms. The monoisotopic (exact) mass is 319 g/mol. The molecule has 1 aromatic heterocycles. The van der Waals surface area contributed by atoms with E-state index in [1.54, 1.807) is 7.11 Å². The third-order valence-electron chi connectivity index (χ3n) is 3.94. The summed E-state index contributed by atoms with van der Waals surface area (Å²) in [5.41, 5.74) is 2.55. The molecule has 1 fully saturated rings. The Balaban J connectivity index is 0.00000176. The van der Waals surface area contributed by atoms with Gasteiger partial charge in [0.05, 0.1) is 7.11 Å². The first kappa shape index (κ1) is 16.7. The van der Waals surface area contributed by atoms with E-state index in [-0.39, 0.29) is 12.4 Å². The minimum Gasteiger partial charge on any atom is -0.497 e. The van der Waals surface area contributed by atoms with Gasteiger partial charge >= 0.3 is 0 Å². The zero-order valence-electron chi connectivity index (χ0n) is 12.7. The maximum atomic E-state index is 5.31. The number of rotatable bonds is 4. The molecule has 1 aliphatic rings. The summed E-state index contributed by atoms with van der Waals surface area (Å²) in [7, 11) is 1.71. The van der Waals surface area contributed by atoms with Gasteiger partial charge < -0.3 is 10.1 Å². The first-order chi connectivity index (χ1) is 10.4. The number of piperazine rings is 1. The lowest BCUT2D eigenvalue weighted by molar-refractivity contribution is 0.153. The van der Waals surface area contributed by atoms with Crippen molar-refractivity contribution in [2.75, 3.05) is 26.7 Å². The molecule has 1 unspecified atom stereocenters. The van der Waals surface area contributed by atoms with E-state index >= 15 is 0 Å². The fourth-order valence-corrected chi connectivity index (χ4v) is 2.84. The van der Waals surface area contributed by atoms with Crippen LogP contribution in [0.25, 0.3) is 0 Å². The molecular weight excluding hydrogens is 298 g/mol. The van der Waals surface area contributed by atoms with E-state index in [4.69, 9.17) is 4.74 Å². The molecule has 1 aliphatic heterocycles. The van der Waals surface area contributed by atoms with Crippen molar-refractivity contribution in [3.8, 4) is 5.75 Å². The predicted octanol–water partition coefficient (Wildman–Crippen LogP) is 2.66. The molecule has 0 amide bonds. The number of pyridine rings is 1. The molecule has 3 rings (SSSR count). The van der Waals surface area contributed by atoms with E-state index in [1.807, 2.05) is 24.5 Å². The van der Waals surface area contributed by atoms with Crippen LogP contribution in [0.4, 0.5) is 0 Å². The lowest BCUT2D eigenvalue weighted by Gasteiger charge is -2.36. The highest BCUT2D eigenvalue weighted by Gasteiger charge is 2.23. The van der Waals surface area contributed by atoms with Crippen LogP contribution in [0.1, 0.15) is 17.2 Å². The summed E-state index contributed by atoms with van der Waals surface area (Å²) in [4.78, 5) is 6.76. The van der Waals surface area contributed by atoms with Crippen LogP contribution in [-0.2, 0) is 6.54 Å². The van der Waals surface area contributed by atoms with Crippen LogP contribution < -0.4 is 10.1 Å². The second-order valence-corrected chi connectivity index (χ2v) is 5.33. The summed E-state index contributed by atoms with van der Waals surface area (Å²) in [5.74, 6) is 0.917. The van der Waals surface area contributed by atoms with Crippen molar-refractivity contribution < 1.29 is 4.74 Å². The molecule has 1 saturated heterocycles. The van der Waals surface area contributed by atoms with Crippen LogP contribution in [0, 0.1) is 0 Å². The summed E-state index contributed by atoms with van der Waals surface area (Å²) < 4.78 is 5.31. The Morgan fingerprint density at radius 2 is 2.23 bits per heavy atom. The van der Waals surface area contributed by atoms with Crippen molar-refractivity contribution in [1.82, 2.24) is 15.2 Å². The Hall–Kier alpha value is -1.62. The Kier molecular flexibility index (Phi) is 6.19. The van der Waals surface area contributed by atoms with Crippen LogP contribution in [0.2, 0.25) is 0 Å². The third-order valence-corrected chi connectivity index (χ3v) is 3.94. The molecule has 1 N–H and O–H groups in total. The van der Waals surface area contributed by atoms with Crippen molar-refractivity contribution in [2.45, 2.75) is 12.6 Å². The third kappa shape index (κ3) is 3.97. The normalized spacial score (nSPS) is 18.5. The van der Waals surface area contributed by atoms with E-state index in [0.29, 0.717) is 6.04 Å². The van der Waals surface area contributed by atoms with Gasteiger partial charge in [0, 0.05) is 44.6 Å². The van der Waals surface area contributed by atoms with E-state index in [1.165, 1.54) is 11.1 Å². The topological polar surface area (TPSA) is 37.4 Å². The fourth-order valence-electron chi connectivity index (χ4n) is 2.84. The zero-order valence-corrected chi connectivity index (χ0v) is 13.6. The van der Waals surface area contributed by atoms with E-state index in [2.05, 4.69) is 39.5 Å². The summed E-state index contributed by atoms with van der Waals surface area (Å²) in [6.45, 7) is 3.96.